The van der Waals surface area contributed by atoms with E-state index in [0.717, 1.165) is 0 Å². The molecule has 0 fully saturated rings. The molecule has 0 aromatic carbocycles. The molecule has 0 unspecified atom stereocenters. The van der Waals surface area contributed by atoms with Crippen LogP contribution in [0.2, 0.25) is 0 Å². The molecule has 0 saturated heterocycles. The topological polar surface area (TPSA) is 88.3 Å². The lowest BCUT2D eigenvalue weighted by Crippen LogP contribution is -2.31. The molecule has 1 rings (SSSR count). The Labute approximate surface area is 117 Å². The van der Waals surface area contributed by atoms with E-state index >= 15 is 0 Å². The number of halogens is 1. The number of pyridine rings is 1. The standard InChI is InChI=1S/C10H14BrN3O3S/c1-6(9(5-15)18-2)13-10-8(11)3-7(4-12-10)14(16)17/h3-4,6,9,15H,5H2,1-2H3,(H,12,13)/t6-,9+/m0/s1. The van der Waals surface area contributed by atoms with E-state index in [4.69, 9.17) is 0 Å². The Hall–Kier alpha value is -0.860. The second-order valence-electron chi connectivity index (χ2n) is 3.67. The smallest absolute Gasteiger partial charge is 0.288 e. The van der Waals surface area contributed by atoms with E-state index in [1.165, 1.54) is 12.3 Å². The molecule has 0 aliphatic carbocycles. The fraction of sp³-hybridized carbons (Fsp3) is 0.500. The van der Waals surface area contributed by atoms with Crippen LogP contribution < -0.4 is 5.32 Å². The number of aliphatic hydroxyl groups excluding tert-OH is 1. The normalized spacial score (nSPS) is 14.0. The summed E-state index contributed by atoms with van der Waals surface area (Å²) in [6.45, 7) is 1.98. The first-order valence-electron chi connectivity index (χ1n) is 5.19. The van der Waals surface area contributed by atoms with Crippen LogP contribution in [0.1, 0.15) is 6.92 Å². The zero-order valence-corrected chi connectivity index (χ0v) is 12.4. The quantitative estimate of drug-likeness (QED) is 0.612. The van der Waals surface area contributed by atoms with Gasteiger partial charge in [0.25, 0.3) is 5.69 Å². The first kappa shape index (κ1) is 15.2. The SMILES string of the molecule is CS[C@H](CO)[C@H](C)Nc1ncc([N+](=O)[O-])cc1Br. The van der Waals surface area contributed by atoms with E-state index < -0.39 is 4.92 Å². The number of thioether (sulfide) groups is 1. The molecule has 18 heavy (non-hydrogen) atoms. The molecule has 8 heteroatoms. The number of anilines is 1. The van der Waals surface area contributed by atoms with Gasteiger partial charge < -0.3 is 10.4 Å². The Morgan fingerprint density at radius 2 is 2.39 bits per heavy atom. The lowest BCUT2D eigenvalue weighted by molar-refractivity contribution is -0.385. The highest BCUT2D eigenvalue weighted by Gasteiger charge is 2.17. The van der Waals surface area contributed by atoms with Gasteiger partial charge in [0.1, 0.15) is 12.0 Å². The number of aromatic nitrogens is 1. The molecule has 6 nitrogen and oxygen atoms in total. The molecule has 1 aromatic rings. The average Bonchev–Trinajstić information content (AvgIpc) is 2.33. The molecule has 1 heterocycles. The Kier molecular flexibility index (Phi) is 5.83. The molecule has 0 aliphatic heterocycles. The van der Waals surface area contributed by atoms with E-state index in [1.807, 2.05) is 13.2 Å². The van der Waals surface area contributed by atoms with Crippen molar-refractivity contribution in [3.8, 4) is 0 Å². The van der Waals surface area contributed by atoms with Gasteiger partial charge >= 0.3 is 0 Å². The minimum Gasteiger partial charge on any atom is -0.395 e. The fourth-order valence-electron chi connectivity index (χ4n) is 1.38. The molecule has 0 amide bonds. The van der Waals surface area contributed by atoms with Crippen molar-refractivity contribution < 1.29 is 10.0 Å². The molecule has 1 aromatic heterocycles. The molecule has 2 atom stereocenters. The highest BCUT2D eigenvalue weighted by Crippen LogP contribution is 2.26. The zero-order chi connectivity index (χ0) is 13.7. The van der Waals surface area contributed by atoms with Crippen LogP contribution in [0.5, 0.6) is 0 Å². The van der Waals surface area contributed by atoms with Gasteiger partial charge in [-0.05, 0) is 29.1 Å². The summed E-state index contributed by atoms with van der Waals surface area (Å²) in [5.74, 6) is 0.528. The predicted molar refractivity (Wildman–Crippen MR) is 76.1 cm³/mol. The Bertz CT molecular complexity index is 429. The largest absolute Gasteiger partial charge is 0.395 e. The molecule has 0 bridgehead atoms. The van der Waals surface area contributed by atoms with Gasteiger partial charge in [-0.1, -0.05) is 0 Å². The van der Waals surface area contributed by atoms with E-state index in [9.17, 15) is 15.2 Å². The van der Waals surface area contributed by atoms with Crippen LogP contribution in [0, 0.1) is 10.1 Å². The number of hydrogen-bond donors (Lipinski definition) is 2. The van der Waals surface area contributed by atoms with Gasteiger partial charge in [-0.2, -0.15) is 11.8 Å². The molecule has 2 N–H and O–H groups in total. The number of rotatable bonds is 6. The first-order chi connectivity index (χ1) is 8.49. The minimum atomic E-state index is -0.497. The summed E-state index contributed by atoms with van der Waals surface area (Å²) in [6, 6.07) is 1.39. The Morgan fingerprint density at radius 1 is 1.72 bits per heavy atom. The van der Waals surface area contributed by atoms with Crippen molar-refractivity contribution in [1.29, 1.82) is 0 Å². The van der Waals surface area contributed by atoms with E-state index in [-0.39, 0.29) is 23.6 Å². The maximum Gasteiger partial charge on any atom is 0.288 e. The summed E-state index contributed by atoms with van der Waals surface area (Å²) in [5.41, 5.74) is -0.0661. The second-order valence-corrected chi connectivity index (χ2v) is 5.60. The summed E-state index contributed by atoms with van der Waals surface area (Å²) in [7, 11) is 0. The van der Waals surface area contributed by atoms with Crippen molar-refractivity contribution >= 4 is 39.2 Å². The minimum absolute atomic E-state index is 0.00439. The summed E-state index contributed by atoms with van der Waals surface area (Å²) in [4.78, 5) is 14.1. The van der Waals surface area contributed by atoms with Crippen LogP contribution in [-0.4, -0.2) is 39.2 Å². The third kappa shape index (κ3) is 3.82. The second kappa shape index (κ2) is 6.91. The number of hydrogen-bond acceptors (Lipinski definition) is 6. The first-order valence-corrected chi connectivity index (χ1v) is 7.27. The highest BCUT2D eigenvalue weighted by molar-refractivity contribution is 9.10. The van der Waals surface area contributed by atoms with Crippen LogP contribution in [0.25, 0.3) is 0 Å². The monoisotopic (exact) mass is 335 g/mol. The van der Waals surface area contributed by atoms with Gasteiger partial charge in [0, 0.05) is 17.4 Å². The van der Waals surface area contributed by atoms with Gasteiger partial charge in [0.15, 0.2) is 0 Å². The van der Waals surface area contributed by atoms with Gasteiger partial charge in [-0.15, -0.1) is 0 Å². The number of nitrogens with zero attached hydrogens (tertiary/aromatic N) is 2. The maximum absolute atomic E-state index is 10.6. The van der Waals surface area contributed by atoms with Gasteiger partial charge in [0.2, 0.25) is 0 Å². The number of nitro groups is 1. The van der Waals surface area contributed by atoms with Crippen molar-refractivity contribution in [2.24, 2.45) is 0 Å². The summed E-state index contributed by atoms with van der Waals surface area (Å²) < 4.78 is 0.529. The average molecular weight is 336 g/mol. The lowest BCUT2D eigenvalue weighted by Gasteiger charge is -2.22. The van der Waals surface area contributed by atoms with Crippen LogP contribution >= 0.6 is 27.7 Å². The number of aliphatic hydroxyl groups is 1. The Balaban J connectivity index is 2.82. The summed E-state index contributed by atoms with van der Waals surface area (Å²) in [5, 5.41) is 22.9. The third-order valence-electron chi connectivity index (χ3n) is 2.44. The Morgan fingerprint density at radius 3 is 2.83 bits per heavy atom. The maximum atomic E-state index is 10.6. The molecule has 0 radical (unpaired) electrons. The van der Waals surface area contributed by atoms with Crippen LogP contribution in [-0.2, 0) is 0 Å². The van der Waals surface area contributed by atoms with E-state index in [1.54, 1.807) is 11.8 Å². The fourth-order valence-corrected chi connectivity index (χ4v) is 2.46. The van der Waals surface area contributed by atoms with Gasteiger partial charge in [-0.3, -0.25) is 10.1 Å². The molecule has 100 valence electrons. The molecule has 0 saturated carbocycles. The van der Waals surface area contributed by atoms with E-state index in [0.29, 0.717) is 10.3 Å². The molecule has 0 aliphatic rings. The number of nitrogens with one attached hydrogen (secondary N) is 1. The highest BCUT2D eigenvalue weighted by atomic mass is 79.9. The predicted octanol–water partition coefficient (Wildman–Crippen LogP) is 2.28. The van der Waals surface area contributed by atoms with Crippen molar-refractivity contribution in [1.82, 2.24) is 4.98 Å². The van der Waals surface area contributed by atoms with Crippen molar-refractivity contribution in [2.45, 2.75) is 18.2 Å². The van der Waals surface area contributed by atoms with Crippen molar-refractivity contribution in [3.05, 3.63) is 26.9 Å². The molecular weight excluding hydrogens is 322 g/mol. The van der Waals surface area contributed by atoms with Crippen molar-refractivity contribution in [3.63, 3.8) is 0 Å². The zero-order valence-electron chi connectivity index (χ0n) is 9.96. The van der Waals surface area contributed by atoms with Crippen LogP contribution in [0.3, 0.4) is 0 Å². The van der Waals surface area contributed by atoms with Gasteiger partial charge in [0.05, 0.1) is 16.0 Å². The lowest BCUT2D eigenvalue weighted by atomic mass is 10.2. The van der Waals surface area contributed by atoms with E-state index in [2.05, 4.69) is 26.2 Å². The third-order valence-corrected chi connectivity index (χ3v) is 4.21. The van der Waals surface area contributed by atoms with Crippen LogP contribution in [0.15, 0.2) is 16.7 Å². The van der Waals surface area contributed by atoms with Crippen molar-refractivity contribution in [2.75, 3.05) is 18.2 Å². The van der Waals surface area contributed by atoms with Crippen LogP contribution in [0.4, 0.5) is 11.5 Å². The van der Waals surface area contributed by atoms with Gasteiger partial charge in [-0.25, -0.2) is 4.98 Å². The molecular formula is C10H14BrN3O3S. The summed E-state index contributed by atoms with van der Waals surface area (Å²) >= 11 is 4.79. The molecule has 0 spiro atoms. The summed E-state index contributed by atoms with van der Waals surface area (Å²) in [6.07, 6.45) is 3.12.